The van der Waals surface area contributed by atoms with Gasteiger partial charge in [-0.1, -0.05) is 0 Å². The number of aromatic carboxylic acids is 2. The summed E-state index contributed by atoms with van der Waals surface area (Å²) < 4.78 is 0. The van der Waals surface area contributed by atoms with Gasteiger partial charge in [0.1, 0.15) is 0 Å². The van der Waals surface area contributed by atoms with Crippen molar-refractivity contribution in [1.29, 1.82) is 0 Å². The van der Waals surface area contributed by atoms with Gasteiger partial charge in [-0.2, -0.15) is 0 Å². The molecule has 1 aromatic heterocycles. The number of hydrogen-bond donors (Lipinski definition) is 3. The zero-order valence-corrected chi connectivity index (χ0v) is 13.9. The summed E-state index contributed by atoms with van der Waals surface area (Å²) in [5.41, 5.74) is 0.507. The van der Waals surface area contributed by atoms with Crippen molar-refractivity contribution in [2.45, 2.75) is 0 Å². The van der Waals surface area contributed by atoms with E-state index in [2.05, 4.69) is 15.3 Å². The summed E-state index contributed by atoms with van der Waals surface area (Å²) in [6.07, 6.45) is 4.87. The average molecular weight is 369 g/mol. The zero-order chi connectivity index (χ0) is 18.7. The molecular formula is C17H11N3O5S. The van der Waals surface area contributed by atoms with E-state index in [0.29, 0.717) is 4.91 Å². The fourth-order valence-corrected chi connectivity index (χ4v) is 2.97. The van der Waals surface area contributed by atoms with E-state index in [4.69, 9.17) is 10.2 Å². The van der Waals surface area contributed by atoms with E-state index >= 15 is 0 Å². The third kappa shape index (κ3) is 3.95. The largest absolute Gasteiger partial charge is 0.478 e. The van der Waals surface area contributed by atoms with Crippen LogP contribution in [0.2, 0.25) is 0 Å². The number of carboxylic acids is 2. The molecule has 1 saturated heterocycles. The number of amidine groups is 1. The number of aliphatic imine (C=N–C) groups is 1. The maximum absolute atomic E-state index is 12.0. The number of carboxylic acid groups (broad SMARTS) is 2. The monoisotopic (exact) mass is 369 g/mol. The van der Waals surface area contributed by atoms with Crippen LogP contribution in [0, 0.1) is 0 Å². The smallest absolute Gasteiger partial charge is 0.335 e. The molecule has 1 aliphatic rings. The second-order valence-corrected chi connectivity index (χ2v) is 6.17. The van der Waals surface area contributed by atoms with Crippen molar-refractivity contribution in [1.82, 2.24) is 10.3 Å². The van der Waals surface area contributed by atoms with Crippen LogP contribution in [-0.4, -0.2) is 38.2 Å². The molecule has 26 heavy (non-hydrogen) atoms. The molecule has 1 fully saturated rings. The van der Waals surface area contributed by atoms with Crippen LogP contribution in [0.3, 0.4) is 0 Å². The molecule has 0 saturated carbocycles. The van der Waals surface area contributed by atoms with Crippen molar-refractivity contribution in [2.75, 3.05) is 0 Å². The molecule has 3 N–H and O–H groups in total. The SMILES string of the molecule is O=C1NC(=Nc2cc(C(=O)O)cc(C(=O)O)c2)S/C1=C\c1ccncc1. The minimum absolute atomic E-state index is 0.121. The van der Waals surface area contributed by atoms with Gasteiger partial charge in [0.25, 0.3) is 5.91 Å². The van der Waals surface area contributed by atoms with Gasteiger partial charge < -0.3 is 15.5 Å². The summed E-state index contributed by atoms with van der Waals surface area (Å²) in [5, 5.41) is 21.0. The maximum Gasteiger partial charge on any atom is 0.335 e. The predicted octanol–water partition coefficient (Wildman–Crippen LogP) is 2.37. The second kappa shape index (κ2) is 7.19. The van der Waals surface area contributed by atoms with Gasteiger partial charge in [0.2, 0.25) is 0 Å². The zero-order valence-electron chi connectivity index (χ0n) is 13.0. The third-order valence-corrected chi connectivity index (χ3v) is 4.21. The van der Waals surface area contributed by atoms with Crippen LogP contribution in [0.15, 0.2) is 52.6 Å². The minimum atomic E-state index is -1.27. The Bertz CT molecular complexity index is 937. The van der Waals surface area contributed by atoms with Gasteiger partial charge in [-0.05, 0) is 53.7 Å². The number of benzene rings is 1. The number of rotatable bonds is 4. The minimum Gasteiger partial charge on any atom is -0.478 e. The van der Waals surface area contributed by atoms with Crippen molar-refractivity contribution in [2.24, 2.45) is 4.99 Å². The van der Waals surface area contributed by atoms with E-state index in [1.54, 1.807) is 30.6 Å². The number of hydrogen-bond acceptors (Lipinski definition) is 6. The molecule has 130 valence electrons. The molecular weight excluding hydrogens is 358 g/mol. The molecule has 1 aliphatic heterocycles. The summed E-state index contributed by atoms with van der Waals surface area (Å²) in [7, 11) is 0. The fourth-order valence-electron chi connectivity index (χ4n) is 2.13. The van der Waals surface area contributed by atoms with Crippen LogP contribution >= 0.6 is 11.8 Å². The first-order chi connectivity index (χ1) is 12.4. The Hall–Kier alpha value is -3.46. The first-order valence-corrected chi connectivity index (χ1v) is 8.05. The summed E-state index contributed by atoms with van der Waals surface area (Å²) in [5.74, 6) is -2.88. The molecule has 0 spiro atoms. The van der Waals surface area contributed by atoms with E-state index in [9.17, 15) is 14.4 Å². The molecule has 0 unspecified atom stereocenters. The van der Waals surface area contributed by atoms with Gasteiger partial charge in [0, 0.05) is 12.4 Å². The molecule has 2 aromatic rings. The van der Waals surface area contributed by atoms with Gasteiger partial charge in [0.15, 0.2) is 5.17 Å². The predicted molar refractivity (Wildman–Crippen MR) is 95.4 cm³/mol. The Balaban J connectivity index is 1.92. The molecule has 1 amide bonds. The Morgan fingerprint density at radius 3 is 2.27 bits per heavy atom. The fraction of sp³-hybridized carbons (Fsp3) is 0. The summed E-state index contributed by atoms with van der Waals surface area (Å²) in [4.78, 5) is 42.8. The maximum atomic E-state index is 12.0. The van der Waals surface area contributed by atoms with E-state index in [0.717, 1.165) is 23.4 Å². The van der Waals surface area contributed by atoms with Crippen LogP contribution in [-0.2, 0) is 4.79 Å². The first kappa shape index (κ1) is 17.4. The van der Waals surface area contributed by atoms with E-state index < -0.39 is 11.9 Å². The molecule has 3 rings (SSSR count). The van der Waals surface area contributed by atoms with Crippen molar-refractivity contribution in [3.63, 3.8) is 0 Å². The number of pyridine rings is 1. The summed E-state index contributed by atoms with van der Waals surface area (Å²) >= 11 is 1.07. The molecule has 2 heterocycles. The summed E-state index contributed by atoms with van der Waals surface area (Å²) in [6, 6.07) is 7.00. The molecule has 1 aromatic carbocycles. The Morgan fingerprint density at radius 1 is 1.08 bits per heavy atom. The lowest BCUT2D eigenvalue weighted by molar-refractivity contribution is -0.115. The van der Waals surface area contributed by atoms with Crippen LogP contribution in [0.25, 0.3) is 6.08 Å². The Morgan fingerprint density at radius 2 is 1.69 bits per heavy atom. The number of carbonyl (C=O) groups is 3. The number of nitrogens with one attached hydrogen (secondary N) is 1. The highest BCUT2D eigenvalue weighted by Gasteiger charge is 2.24. The average Bonchev–Trinajstić information content (AvgIpc) is 2.94. The number of thioether (sulfide) groups is 1. The lowest BCUT2D eigenvalue weighted by atomic mass is 10.1. The first-order valence-electron chi connectivity index (χ1n) is 7.23. The van der Waals surface area contributed by atoms with Crippen LogP contribution in [0.1, 0.15) is 26.3 Å². The molecule has 0 radical (unpaired) electrons. The van der Waals surface area contributed by atoms with Crippen molar-refractivity contribution >= 4 is 46.5 Å². The lowest BCUT2D eigenvalue weighted by Gasteiger charge is -2.02. The van der Waals surface area contributed by atoms with Gasteiger partial charge in [-0.25, -0.2) is 14.6 Å². The number of nitrogens with zero attached hydrogens (tertiary/aromatic N) is 2. The molecule has 0 aliphatic carbocycles. The number of aromatic nitrogens is 1. The van der Waals surface area contributed by atoms with Crippen LogP contribution in [0.5, 0.6) is 0 Å². The molecule has 0 atom stereocenters. The second-order valence-electron chi connectivity index (χ2n) is 5.14. The normalized spacial score (nSPS) is 16.7. The highest BCUT2D eigenvalue weighted by molar-refractivity contribution is 8.18. The Labute approximate surface area is 151 Å². The third-order valence-electron chi connectivity index (χ3n) is 3.30. The van der Waals surface area contributed by atoms with Crippen molar-refractivity contribution in [3.05, 3.63) is 64.3 Å². The standard InChI is InChI=1S/C17H11N3O5S/c21-14-13(5-9-1-3-18-4-2-9)26-17(20-14)19-12-7-10(15(22)23)6-11(8-12)16(24)25/h1-8H,(H,22,23)(H,24,25)(H,19,20,21)/b13-5-. The topological polar surface area (TPSA) is 129 Å². The van der Waals surface area contributed by atoms with Gasteiger partial charge in [-0.15, -0.1) is 0 Å². The van der Waals surface area contributed by atoms with Gasteiger partial charge in [0.05, 0.1) is 21.7 Å². The number of amides is 1. The van der Waals surface area contributed by atoms with E-state index in [1.807, 2.05) is 0 Å². The van der Waals surface area contributed by atoms with Crippen LogP contribution in [0.4, 0.5) is 5.69 Å². The number of carbonyl (C=O) groups excluding carboxylic acids is 1. The highest BCUT2D eigenvalue weighted by Crippen LogP contribution is 2.28. The summed E-state index contributed by atoms with van der Waals surface area (Å²) in [6.45, 7) is 0. The Kier molecular flexibility index (Phi) is 4.81. The van der Waals surface area contributed by atoms with Crippen LogP contribution < -0.4 is 5.32 Å². The van der Waals surface area contributed by atoms with Crippen molar-refractivity contribution in [3.8, 4) is 0 Å². The highest BCUT2D eigenvalue weighted by atomic mass is 32.2. The van der Waals surface area contributed by atoms with Gasteiger partial charge >= 0.3 is 11.9 Å². The quantitative estimate of drug-likeness (QED) is 0.706. The van der Waals surface area contributed by atoms with E-state index in [1.165, 1.54) is 12.1 Å². The van der Waals surface area contributed by atoms with Crippen molar-refractivity contribution < 1.29 is 24.6 Å². The molecule has 8 nitrogen and oxygen atoms in total. The van der Waals surface area contributed by atoms with Gasteiger partial charge in [-0.3, -0.25) is 9.78 Å². The molecule has 0 bridgehead atoms. The molecule has 9 heteroatoms. The lowest BCUT2D eigenvalue weighted by Crippen LogP contribution is -2.19. The van der Waals surface area contributed by atoms with E-state index in [-0.39, 0.29) is 27.9 Å².